The van der Waals surface area contributed by atoms with E-state index < -0.39 is 0 Å². The van der Waals surface area contributed by atoms with E-state index in [-0.39, 0.29) is 11.3 Å². The van der Waals surface area contributed by atoms with Gasteiger partial charge in [-0.2, -0.15) is 4.98 Å². The van der Waals surface area contributed by atoms with Gasteiger partial charge in [0.1, 0.15) is 13.2 Å². The second-order valence-corrected chi connectivity index (χ2v) is 9.43. The third-order valence-electron chi connectivity index (χ3n) is 5.06. The van der Waals surface area contributed by atoms with Crippen LogP contribution in [0.1, 0.15) is 37.0 Å². The number of rotatable bonds is 4. The molecule has 0 bridgehead atoms. The van der Waals surface area contributed by atoms with Crippen LogP contribution >= 0.6 is 11.3 Å². The molecule has 0 saturated heterocycles. The molecular weight excluding hydrogens is 440 g/mol. The Balaban J connectivity index is 1.37. The van der Waals surface area contributed by atoms with Gasteiger partial charge in [0.15, 0.2) is 22.5 Å². The largest absolute Gasteiger partial charge is 0.486 e. The van der Waals surface area contributed by atoms with Gasteiger partial charge in [-0.3, -0.25) is 10.1 Å². The van der Waals surface area contributed by atoms with Crippen molar-refractivity contribution in [1.82, 2.24) is 15.1 Å². The van der Waals surface area contributed by atoms with Gasteiger partial charge in [-0.25, -0.2) is 4.98 Å². The van der Waals surface area contributed by atoms with Crippen LogP contribution in [0.3, 0.4) is 0 Å². The minimum atomic E-state index is -0.302. The summed E-state index contributed by atoms with van der Waals surface area (Å²) < 4.78 is 16.7. The molecule has 33 heavy (non-hydrogen) atoms. The van der Waals surface area contributed by atoms with Gasteiger partial charge in [0.25, 0.3) is 11.8 Å². The zero-order valence-electron chi connectivity index (χ0n) is 18.4. The monoisotopic (exact) mass is 462 g/mol. The van der Waals surface area contributed by atoms with Crippen LogP contribution in [0, 0.1) is 0 Å². The third kappa shape index (κ3) is 4.31. The lowest BCUT2D eigenvalue weighted by atomic mass is 9.96. The minimum absolute atomic E-state index is 0.260. The number of anilines is 1. The quantitative estimate of drug-likeness (QED) is 0.446. The number of amides is 1. The first-order valence-electron chi connectivity index (χ1n) is 10.5. The van der Waals surface area contributed by atoms with Gasteiger partial charge < -0.3 is 14.0 Å². The molecule has 2 aromatic heterocycles. The number of aromatic nitrogens is 3. The number of thiazole rings is 1. The number of nitrogens with zero attached hydrogens (tertiary/aromatic N) is 3. The SMILES string of the molecule is CC(C)(C)c1noc(-c2ccccc2C(=O)Nc2nc(-c3ccc4c(c3)OCCO4)cs2)n1. The molecular formula is C24H22N4O4S. The Labute approximate surface area is 194 Å². The first-order valence-corrected chi connectivity index (χ1v) is 11.4. The highest BCUT2D eigenvalue weighted by Crippen LogP contribution is 2.35. The molecule has 8 nitrogen and oxygen atoms in total. The number of fused-ring (bicyclic) bond motifs is 1. The minimum Gasteiger partial charge on any atom is -0.486 e. The topological polar surface area (TPSA) is 99.4 Å². The highest BCUT2D eigenvalue weighted by Gasteiger charge is 2.24. The number of hydrogen-bond acceptors (Lipinski definition) is 8. The lowest BCUT2D eigenvalue weighted by Crippen LogP contribution is -2.15. The van der Waals surface area contributed by atoms with Crippen LogP contribution in [0.2, 0.25) is 0 Å². The summed E-state index contributed by atoms with van der Waals surface area (Å²) >= 11 is 1.35. The van der Waals surface area contributed by atoms with Crippen LogP contribution in [0.25, 0.3) is 22.7 Å². The predicted octanol–water partition coefficient (Wildman–Crippen LogP) is 5.18. The van der Waals surface area contributed by atoms with Gasteiger partial charge in [-0.05, 0) is 30.3 Å². The number of carbonyl (C=O) groups is 1. The maximum Gasteiger partial charge on any atom is 0.258 e. The van der Waals surface area contributed by atoms with Crippen LogP contribution in [0.15, 0.2) is 52.4 Å². The van der Waals surface area contributed by atoms with Gasteiger partial charge in [0.05, 0.1) is 16.8 Å². The van der Waals surface area contributed by atoms with Crippen LogP contribution < -0.4 is 14.8 Å². The average Bonchev–Trinajstić information content (AvgIpc) is 3.49. The van der Waals surface area contributed by atoms with E-state index in [2.05, 4.69) is 20.4 Å². The maximum absolute atomic E-state index is 13.1. The van der Waals surface area contributed by atoms with Gasteiger partial charge in [-0.1, -0.05) is 38.1 Å². The summed E-state index contributed by atoms with van der Waals surface area (Å²) in [5.74, 6) is 2.00. The van der Waals surface area contributed by atoms with Crippen molar-refractivity contribution in [2.75, 3.05) is 18.5 Å². The first-order chi connectivity index (χ1) is 15.9. The van der Waals surface area contributed by atoms with Gasteiger partial charge in [-0.15, -0.1) is 11.3 Å². The maximum atomic E-state index is 13.1. The number of carbonyl (C=O) groups excluding carboxylic acids is 1. The molecule has 168 valence electrons. The zero-order valence-corrected chi connectivity index (χ0v) is 19.2. The number of hydrogen-bond donors (Lipinski definition) is 1. The van der Waals surface area contributed by atoms with Crippen molar-refractivity contribution in [2.45, 2.75) is 26.2 Å². The van der Waals surface area contributed by atoms with Gasteiger partial charge >= 0.3 is 0 Å². The lowest BCUT2D eigenvalue weighted by Gasteiger charge is -2.18. The van der Waals surface area contributed by atoms with Crippen molar-refractivity contribution in [2.24, 2.45) is 0 Å². The molecule has 3 heterocycles. The molecule has 1 aliphatic heterocycles. The molecule has 0 radical (unpaired) electrons. The van der Waals surface area contributed by atoms with Crippen LogP contribution in [-0.4, -0.2) is 34.2 Å². The molecule has 0 fully saturated rings. The van der Waals surface area contributed by atoms with E-state index in [4.69, 9.17) is 14.0 Å². The van der Waals surface area contributed by atoms with Crippen LogP contribution in [0.5, 0.6) is 11.5 Å². The van der Waals surface area contributed by atoms with Crippen molar-refractivity contribution >= 4 is 22.4 Å². The highest BCUT2D eigenvalue weighted by atomic mass is 32.1. The van der Waals surface area contributed by atoms with E-state index in [9.17, 15) is 4.79 Å². The molecule has 5 rings (SSSR count). The number of nitrogens with one attached hydrogen (secondary N) is 1. The molecule has 1 amide bonds. The fourth-order valence-electron chi connectivity index (χ4n) is 3.34. The van der Waals surface area contributed by atoms with Crippen molar-refractivity contribution in [3.8, 4) is 34.2 Å². The smallest absolute Gasteiger partial charge is 0.258 e. The second-order valence-electron chi connectivity index (χ2n) is 8.57. The molecule has 0 aliphatic carbocycles. The summed E-state index contributed by atoms with van der Waals surface area (Å²) in [4.78, 5) is 22.1. The third-order valence-corrected chi connectivity index (χ3v) is 5.82. The summed E-state index contributed by atoms with van der Waals surface area (Å²) in [5.41, 5.74) is 2.37. The second kappa shape index (κ2) is 8.32. The summed E-state index contributed by atoms with van der Waals surface area (Å²) in [5, 5.41) is 9.33. The van der Waals surface area contributed by atoms with E-state index >= 15 is 0 Å². The predicted molar refractivity (Wildman–Crippen MR) is 125 cm³/mol. The molecule has 2 aromatic carbocycles. The van der Waals surface area contributed by atoms with E-state index in [0.717, 1.165) is 17.0 Å². The molecule has 1 N–H and O–H groups in total. The normalized spacial score (nSPS) is 13.1. The number of benzene rings is 2. The molecule has 9 heteroatoms. The van der Waals surface area contributed by atoms with E-state index in [1.807, 2.05) is 50.4 Å². The zero-order chi connectivity index (χ0) is 23.0. The fourth-order valence-corrected chi connectivity index (χ4v) is 4.05. The molecule has 4 aromatic rings. The van der Waals surface area contributed by atoms with E-state index in [1.165, 1.54) is 11.3 Å². The van der Waals surface area contributed by atoms with Gasteiger partial charge in [0, 0.05) is 16.4 Å². The summed E-state index contributed by atoms with van der Waals surface area (Å²) in [6.45, 7) is 7.07. The highest BCUT2D eigenvalue weighted by molar-refractivity contribution is 7.14. The van der Waals surface area contributed by atoms with Crippen molar-refractivity contribution < 1.29 is 18.8 Å². The standard InChI is InChI=1S/C24H22N4O4S/c1-24(2,3)22-27-21(32-28-22)16-7-5-4-6-15(16)20(29)26-23-25-17(13-33-23)14-8-9-18-19(12-14)31-11-10-30-18/h4-9,12-13H,10-11H2,1-3H3,(H,25,26,29). The van der Waals surface area contributed by atoms with Crippen LogP contribution in [0.4, 0.5) is 5.13 Å². The lowest BCUT2D eigenvalue weighted by molar-refractivity contribution is 0.102. The fraction of sp³-hybridized carbons (Fsp3) is 0.250. The van der Waals surface area contributed by atoms with Crippen molar-refractivity contribution in [3.05, 3.63) is 59.2 Å². The molecule has 0 unspecified atom stereocenters. The summed E-state index contributed by atoms with van der Waals surface area (Å²) in [6, 6.07) is 12.8. The molecule has 1 aliphatic rings. The van der Waals surface area contributed by atoms with Crippen molar-refractivity contribution in [3.63, 3.8) is 0 Å². The summed E-state index contributed by atoms with van der Waals surface area (Å²) in [6.07, 6.45) is 0. The summed E-state index contributed by atoms with van der Waals surface area (Å²) in [7, 11) is 0. The Morgan fingerprint density at radius 3 is 2.61 bits per heavy atom. The van der Waals surface area contributed by atoms with E-state index in [0.29, 0.717) is 46.9 Å². The molecule has 0 atom stereocenters. The van der Waals surface area contributed by atoms with E-state index in [1.54, 1.807) is 18.2 Å². The Morgan fingerprint density at radius 1 is 1.03 bits per heavy atom. The Hall–Kier alpha value is -3.72. The first kappa shape index (κ1) is 21.1. The molecule has 0 spiro atoms. The van der Waals surface area contributed by atoms with Crippen molar-refractivity contribution in [1.29, 1.82) is 0 Å². The number of ether oxygens (including phenoxy) is 2. The van der Waals surface area contributed by atoms with Crippen LogP contribution in [-0.2, 0) is 5.41 Å². The average molecular weight is 463 g/mol. The Bertz CT molecular complexity index is 1320. The molecule has 0 saturated carbocycles. The van der Waals surface area contributed by atoms with Gasteiger partial charge in [0.2, 0.25) is 0 Å². The Morgan fingerprint density at radius 2 is 1.82 bits per heavy atom. The Kier molecular flexibility index (Phi) is 5.33.